The second-order valence-corrected chi connectivity index (χ2v) is 6.91. The van der Waals surface area contributed by atoms with Gasteiger partial charge >= 0.3 is 0 Å². The maximum atomic E-state index is 5.29. The van der Waals surface area contributed by atoms with Crippen LogP contribution < -0.4 is 5.32 Å². The molecule has 0 aliphatic rings. The fourth-order valence-electron chi connectivity index (χ4n) is 3.20. The number of rotatable bonds is 8. The molecule has 0 bridgehead atoms. The van der Waals surface area contributed by atoms with E-state index in [0.717, 1.165) is 48.6 Å². The first kappa shape index (κ1) is 19.0. The van der Waals surface area contributed by atoms with E-state index >= 15 is 0 Å². The molecular formula is C22H24N6O. The van der Waals surface area contributed by atoms with E-state index in [2.05, 4.69) is 43.9 Å². The molecule has 0 amide bonds. The van der Waals surface area contributed by atoms with Crippen molar-refractivity contribution in [3.63, 3.8) is 0 Å². The molecule has 0 unspecified atom stereocenters. The Balaban J connectivity index is 1.32. The van der Waals surface area contributed by atoms with Gasteiger partial charge in [0.15, 0.2) is 5.82 Å². The summed E-state index contributed by atoms with van der Waals surface area (Å²) in [5.41, 5.74) is 5.47. The minimum absolute atomic E-state index is 0.576. The predicted molar refractivity (Wildman–Crippen MR) is 111 cm³/mol. The number of pyridine rings is 1. The van der Waals surface area contributed by atoms with Crippen molar-refractivity contribution >= 4 is 0 Å². The lowest BCUT2D eigenvalue weighted by Gasteiger charge is -2.06. The normalized spacial score (nSPS) is 11.1. The van der Waals surface area contributed by atoms with Gasteiger partial charge in [0.2, 0.25) is 0 Å². The predicted octanol–water partition coefficient (Wildman–Crippen LogP) is 3.43. The van der Waals surface area contributed by atoms with Crippen LogP contribution in [-0.4, -0.2) is 31.4 Å². The van der Waals surface area contributed by atoms with Crippen LogP contribution in [0.25, 0.3) is 22.7 Å². The summed E-state index contributed by atoms with van der Waals surface area (Å²) in [5.74, 6) is 1.31. The van der Waals surface area contributed by atoms with Crippen molar-refractivity contribution in [2.75, 3.05) is 6.54 Å². The van der Waals surface area contributed by atoms with Gasteiger partial charge in [-0.25, -0.2) is 0 Å². The van der Waals surface area contributed by atoms with Crippen LogP contribution in [0.1, 0.15) is 23.9 Å². The molecule has 1 aromatic carbocycles. The van der Waals surface area contributed by atoms with E-state index in [4.69, 9.17) is 4.52 Å². The van der Waals surface area contributed by atoms with E-state index in [9.17, 15) is 0 Å². The van der Waals surface area contributed by atoms with Crippen molar-refractivity contribution in [2.24, 2.45) is 7.05 Å². The SMILES string of the molecule is CCc1noc(-c2ccc(CCNCc3cn(C)nc3-c3ccncc3)cc2)n1. The van der Waals surface area contributed by atoms with Crippen molar-refractivity contribution < 1.29 is 4.52 Å². The van der Waals surface area contributed by atoms with Crippen molar-refractivity contribution in [3.05, 3.63) is 71.9 Å². The first-order chi connectivity index (χ1) is 14.2. The second-order valence-electron chi connectivity index (χ2n) is 6.91. The van der Waals surface area contributed by atoms with Gasteiger partial charge in [0, 0.05) is 55.3 Å². The third-order valence-electron chi connectivity index (χ3n) is 4.75. The topological polar surface area (TPSA) is 81.7 Å². The molecular weight excluding hydrogens is 364 g/mol. The summed E-state index contributed by atoms with van der Waals surface area (Å²) in [5, 5.41) is 12.1. The van der Waals surface area contributed by atoms with Crippen LogP contribution in [0.15, 0.2) is 59.5 Å². The molecule has 3 aromatic heterocycles. The molecule has 4 rings (SSSR count). The highest BCUT2D eigenvalue weighted by Gasteiger charge is 2.10. The molecule has 0 fully saturated rings. The zero-order valence-corrected chi connectivity index (χ0v) is 16.7. The Kier molecular flexibility index (Phi) is 5.76. The Morgan fingerprint density at radius 1 is 1.03 bits per heavy atom. The van der Waals surface area contributed by atoms with Gasteiger partial charge in [-0.05, 0) is 42.8 Å². The minimum Gasteiger partial charge on any atom is -0.334 e. The summed E-state index contributed by atoms with van der Waals surface area (Å²) >= 11 is 0. The minimum atomic E-state index is 0.576. The second kappa shape index (κ2) is 8.79. The van der Waals surface area contributed by atoms with Gasteiger partial charge < -0.3 is 9.84 Å². The number of benzene rings is 1. The van der Waals surface area contributed by atoms with E-state index in [0.29, 0.717) is 5.89 Å². The lowest BCUT2D eigenvalue weighted by molar-refractivity contribution is 0.423. The maximum absolute atomic E-state index is 5.29. The molecule has 1 N–H and O–H groups in total. The molecule has 0 aliphatic carbocycles. The van der Waals surface area contributed by atoms with Gasteiger partial charge in [0.25, 0.3) is 5.89 Å². The van der Waals surface area contributed by atoms with Crippen molar-refractivity contribution in [3.8, 4) is 22.7 Å². The average molecular weight is 388 g/mol. The van der Waals surface area contributed by atoms with Gasteiger partial charge in [0.05, 0.1) is 5.69 Å². The van der Waals surface area contributed by atoms with Crippen LogP contribution >= 0.6 is 0 Å². The molecule has 0 atom stereocenters. The lowest BCUT2D eigenvalue weighted by Crippen LogP contribution is -2.16. The summed E-state index contributed by atoms with van der Waals surface area (Å²) in [6.07, 6.45) is 7.36. The largest absolute Gasteiger partial charge is 0.334 e. The van der Waals surface area contributed by atoms with E-state index in [1.54, 1.807) is 12.4 Å². The van der Waals surface area contributed by atoms with Gasteiger partial charge in [-0.3, -0.25) is 9.67 Å². The number of hydrogen-bond acceptors (Lipinski definition) is 6. The quantitative estimate of drug-likeness (QED) is 0.466. The highest BCUT2D eigenvalue weighted by molar-refractivity contribution is 5.61. The number of nitrogens with one attached hydrogen (secondary N) is 1. The summed E-state index contributed by atoms with van der Waals surface area (Å²) in [4.78, 5) is 8.45. The monoisotopic (exact) mass is 388 g/mol. The number of nitrogens with zero attached hydrogens (tertiary/aromatic N) is 5. The zero-order valence-electron chi connectivity index (χ0n) is 16.7. The van der Waals surface area contributed by atoms with Gasteiger partial charge in [-0.1, -0.05) is 24.2 Å². The van der Waals surface area contributed by atoms with E-state index in [1.165, 1.54) is 11.1 Å². The Morgan fingerprint density at radius 3 is 2.55 bits per heavy atom. The number of hydrogen-bond donors (Lipinski definition) is 1. The Hall–Kier alpha value is -3.32. The van der Waals surface area contributed by atoms with E-state index in [-0.39, 0.29) is 0 Å². The standard InChI is InChI=1S/C22H24N6O/c1-3-20-25-22(29-27-20)18-6-4-16(5-7-18)8-11-24-14-19-15-28(2)26-21(19)17-9-12-23-13-10-17/h4-7,9-10,12-13,15,24H,3,8,11,14H2,1-2H3. The molecule has 0 aliphatic heterocycles. The molecule has 7 nitrogen and oxygen atoms in total. The fourth-order valence-corrected chi connectivity index (χ4v) is 3.20. The van der Waals surface area contributed by atoms with Crippen LogP contribution in [0.2, 0.25) is 0 Å². The fraction of sp³-hybridized carbons (Fsp3) is 0.273. The molecule has 148 valence electrons. The van der Waals surface area contributed by atoms with E-state index in [1.807, 2.05) is 42.9 Å². The average Bonchev–Trinajstić information content (AvgIpc) is 3.39. The van der Waals surface area contributed by atoms with Gasteiger partial charge in [-0.15, -0.1) is 0 Å². The van der Waals surface area contributed by atoms with Crippen LogP contribution in [0.5, 0.6) is 0 Å². The van der Waals surface area contributed by atoms with Crippen LogP contribution in [0, 0.1) is 0 Å². The summed E-state index contributed by atoms with van der Waals surface area (Å²) < 4.78 is 7.15. The Bertz CT molecular complexity index is 1050. The Labute approximate surface area is 169 Å². The zero-order chi connectivity index (χ0) is 20.1. The molecule has 4 aromatic rings. The van der Waals surface area contributed by atoms with Gasteiger partial charge in [0.1, 0.15) is 0 Å². The first-order valence-corrected chi connectivity index (χ1v) is 9.78. The van der Waals surface area contributed by atoms with Crippen molar-refractivity contribution in [1.29, 1.82) is 0 Å². The first-order valence-electron chi connectivity index (χ1n) is 9.78. The molecule has 3 heterocycles. The highest BCUT2D eigenvalue weighted by atomic mass is 16.5. The highest BCUT2D eigenvalue weighted by Crippen LogP contribution is 2.21. The Morgan fingerprint density at radius 2 is 1.83 bits per heavy atom. The van der Waals surface area contributed by atoms with Crippen molar-refractivity contribution in [2.45, 2.75) is 26.3 Å². The molecule has 0 saturated heterocycles. The summed E-state index contributed by atoms with van der Waals surface area (Å²) in [7, 11) is 1.95. The molecule has 0 saturated carbocycles. The van der Waals surface area contributed by atoms with Crippen LogP contribution in [-0.2, 0) is 26.4 Å². The molecule has 29 heavy (non-hydrogen) atoms. The van der Waals surface area contributed by atoms with Crippen molar-refractivity contribution in [1.82, 2.24) is 30.2 Å². The molecule has 0 spiro atoms. The smallest absolute Gasteiger partial charge is 0.257 e. The molecule has 7 heteroatoms. The van der Waals surface area contributed by atoms with Crippen LogP contribution in [0.3, 0.4) is 0 Å². The lowest BCUT2D eigenvalue weighted by atomic mass is 10.1. The summed E-state index contributed by atoms with van der Waals surface area (Å²) in [6, 6.07) is 12.3. The molecule has 0 radical (unpaired) electrons. The van der Waals surface area contributed by atoms with Crippen LogP contribution in [0.4, 0.5) is 0 Å². The van der Waals surface area contributed by atoms with E-state index < -0.39 is 0 Å². The number of aryl methyl sites for hydroxylation is 2. The third-order valence-corrected chi connectivity index (χ3v) is 4.75. The number of aromatic nitrogens is 5. The third kappa shape index (κ3) is 4.57. The van der Waals surface area contributed by atoms with Gasteiger partial charge in [-0.2, -0.15) is 10.1 Å². The maximum Gasteiger partial charge on any atom is 0.257 e. The summed E-state index contributed by atoms with van der Waals surface area (Å²) in [6.45, 7) is 3.66.